The SMILES string of the molecule is CCNC(=NCCCOCc1ccc(OC)cc1)N1CCN(Cc2ccon2)CC1. The van der Waals surface area contributed by atoms with Crippen LogP contribution in [0.1, 0.15) is 24.6 Å². The summed E-state index contributed by atoms with van der Waals surface area (Å²) in [6.45, 7) is 9.76. The molecule has 30 heavy (non-hydrogen) atoms. The first-order valence-corrected chi connectivity index (χ1v) is 10.6. The molecule has 1 N–H and O–H groups in total. The van der Waals surface area contributed by atoms with E-state index in [9.17, 15) is 0 Å². The number of guanidine groups is 1. The van der Waals surface area contributed by atoms with Crippen molar-refractivity contribution in [3.8, 4) is 5.75 Å². The average Bonchev–Trinajstić information content (AvgIpc) is 3.29. The molecule has 1 aliphatic rings. The maximum Gasteiger partial charge on any atom is 0.194 e. The van der Waals surface area contributed by atoms with Crippen molar-refractivity contribution in [2.75, 3.05) is 53.0 Å². The number of hydrogen-bond donors (Lipinski definition) is 1. The number of ether oxygens (including phenoxy) is 2. The molecule has 0 unspecified atom stereocenters. The Balaban J connectivity index is 1.35. The second-order valence-electron chi connectivity index (χ2n) is 7.24. The monoisotopic (exact) mass is 415 g/mol. The minimum atomic E-state index is 0.612. The van der Waals surface area contributed by atoms with Gasteiger partial charge in [0.05, 0.1) is 19.4 Å². The van der Waals surface area contributed by atoms with Crippen LogP contribution in [0.25, 0.3) is 0 Å². The predicted molar refractivity (Wildman–Crippen MR) is 117 cm³/mol. The Morgan fingerprint density at radius 1 is 1.17 bits per heavy atom. The number of piperazine rings is 1. The Morgan fingerprint density at radius 3 is 2.63 bits per heavy atom. The van der Waals surface area contributed by atoms with Crippen LogP contribution >= 0.6 is 0 Å². The van der Waals surface area contributed by atoms with Gasteiger partial charge in [0.15, 0.2) is 5.96 Å². The molecule has 1 aliphatic heterocycles. The molecule has 2 heterocycles. The van der Waals surface area contributed by atoms with Crippen molar-refractivity contribution < 1.29 is 14.0 Å². The Kier molecular flexibility index (Phi) is 8.99. The predicted octanol–water partition coefficient (Wildman–Crippen LogP) is 2.37. The van der Waals surface area contributed by atoms with Crippen molar-refractivity contribution in [3.05, 3.63) is 47.9 Å². The third-order valence-electron chi connectivity index (χ3n) is 5.02. The van der Waals surface area contributed by atoms with Gasteiger partial charge in [0.2, 0.25) is 0 Å². The lowest BCUT2D eigenvalue weighted by molar-refractivity contribution is 0.120. The van der Waals surface area contributed by atoms with E-state index in [2.05, 4.69) is 27.2 Å². The van der Waals surface area contributed by atoms with Crippen molar-refractivity contribution in [2.45, 2.75) is 26.5 Å². The van der Waals surface area contributed by atoms with Crippen molar-refractivity contribution in [1.82, 2.24) is 20.3 Å². The highest BCUT2D eigenvalue weighted by atomic mass is 16.5. The summed E-state index contributed by atoms with van der Waals surface area (Å²) in [5.41, 5.74) is 2.13. The molecule has 1 saturated heterocycles. The summed E-state index contributed by atoms with van der Waals surface area (Å²) in [5.74, 6) is 1.86. The van der Waals surface area contributed by atoms with Crippen LogP contribution in [0.5, 0.6) is 5.75 Å². The third kappa shape index (κ3) is 7.03. The van der Waals surface area contributed by atoms with Crippen molar-refractivity contribution in [3.63, 3.8) is 0 Å². The summed E-state index contributed by atoms with van der Waals surface area (Å²) in [5, 5.41) is 7.42. The highest BCUT2D eigenvalue weighted by Gasteiger charge is 2.20. The van der Waals surface area contributed by atoms with Crippen molar-refractivity contribution in [2.24, 2.45) is 4.99 Å². The Morgan fingerprint density at radius 2 is 1.97 bits per heavy atom. The average molecular weight is 416 g/mol. The topological polar surface area (TPSA) is 75.4 Å². The molecule has 0 aliphatic carbocycles. The number of rotatable bonds is 10. The van der Waals surface area contributed by atoms with Gasteiger partial charge in [-0.15, -0.1) is 0 Å². The number of methoxy groups -OCH3 is 1. The molecule has 8 nitrogen and oxygen atoms in total. The Bertz CT molecular complexity index is 741. The van der Waals surface area contributed by atoms with Crippen molar-refractivity contribution >= 4 is 5.96 Å². The normalized spacial score (nSPS) is 15.4. The molecule has 2 aromatic rings. The van der Waals surface area contributed by atoms with E-state index in [-0.39, 0.29) is 0 Å². The summed E-state index contributed by atoms with van der Waals surface area (Å²) in [6.07, 6.45) is 2.53. The minimum Gasteiger partial charge on any atom is -0.497 e. The van der Waals surface area contributed by atoms with E-state index in [1.165, 1.54) is 0 Å². The lowest BCUT2D eigenvalue weighted by atomic mass is 10.2. The summed E-state index contributed by atoms with van der Waals surface area (Å²) in [6, 6.07) is 9.90. The van der Waals surface area contributed by atoms with Gasteiger partial charge in [0, 0.05) is 58.5 Å². The molecule has 1 fully saturated rings. The van der Waals surface area contributed by atoms with Crippen LogP contribution in [0.4, 0.5) is 0 Å². The Labute approximate surface area is 178 Å². The van der Waals surface area contributed by atoms with Gasteiger partial charge in [0.1, 0.15) is 12.0 Å². The molecule has 3 rings (SSSR count). The standard InChI is InChI=1S/C22H33N5O3/c1-3-23-22(27-13-11-26(12-14-27)17-20-9-16-30-25-20)24-10-4-15-29-18-19-5-7-21(28-2)8-6-19/h5-9,16H,3-4,10-15,17-18H2,1-2H3,(H,23,24). The van der Waals surface area contributed by atoms with Gasteiger partial charge >= 0.3 is 0 Å². The molecular weight excluding hydrogens is 382 g/mol. The van der Waals surface area contributed by atoms with Crippen LogP contribution in [0.2, 0.25) is 0 Å². The van der Waals surface area contributed by atoms with E-state index < -0.39 is 0 Å². The molecule has 0 atom stereocenters. The van der Waals surface area contributed by atoms with Crippen LogP contribution in [0, 0.1) is 0 Å². The summed E-state index contributed by atoms with van der Waals surface area (Å²) in [7, 11) is 1.67. The first kappa shape index (κ1) is 22.1. The van der Waals surface area contributed by atoms with Crippen LogP contribution in [-0.2, 0) is 17.9 Å². The van der Waals surface area contributed by atoms with Crippen LogP contribution < -0.4 is 10.1 Å². The number of hydrogen-bond acceptors (Lipinski definition) is 6. The maximum atomic E-state index is 5.78. The molecule has 0 spiro atoms. The molecule has 1 aromatic carbocycles. The van der Waals surface area contributed by atoms with E-state index in [0.717, 1.165) is 75.2 Å². The fourth-order valence-corrected chi connectivity index (χ4v) is 3.36. The second kappa shape index (κ2) is 12.2. The van der Waals surface area contributed by atoms with Gasteiger partial charge in [-0.3, -0.25) is 9.89 Å². The zero-order chi connectivity index (χ0) is 21.0. The third-order valence-corrected chi connectivity index (χ3v) is 5.02. The smallest absolute Gasteiger partial charge is 0.194 e. The zero-order valence-electron chi connectivity index (χ0n) is 18.0. The summed E-state index contributed by atoms with van der Waals surface area (Å²) in [4.78, 5) is 9.52. The number of nitrogens with one attached hydrogen (secondary N) is 1. The molecule has 1 aromatic heterocycles. The summed E-state index contributed by atoms with van der Waals surface area (Å²) >= 11 is 0. The van der Waals surface area contributed by atoms with Crippen molar-refractivity contribution in [1.29, 1.82) is 0 Å². The second-order valence-corrected chi connectivity index (χ2v) is 7.24. The quantitative estimate of drug-likeness (QED) is 0.363. The number of benzene rings is 1. The Hall–Kier alpha value is -2.58. The van der Waals surface area contributed by atoms with Gasteiger partial charge in [-0.2, -0.15) is 0 Å². The molecule has 0 radical (unpaired) electrons. The molecule has 0 bridgehead atoms. The van der Waals surface area contributed by atoms with E-state index in [0.29, 0.717) is 13.2 Å². The zero-order valence-corrected chi connectivity index (χ0v) is 18.0. The highest BCUT2D eigenvalue weighted by molar-refractivity contribution is 5.80. The van der Waals surface area contributed by atoms with Gasteiger partial charge < -0.3 is 24.2 Å². The molecule has 0 saturated carbocycles. The first-order valence-electron chi connectivity index (χ1n) is 10.6. The lowest BCUT2D eigenvalue weighted by Gasteiger charge is -2.36. The van der Waals surface area contributed by atoms with Gasteiger partial charge in [-0.05, 0) is 31.0 Å². The molecule has 8 heteroatoms. The molecular formula is C22H33N5O3. The fraction of sp³-hybridized carbons (Fsp3) is 0.545. The number of aromatic nitrogens is 1. The van der Waals surface area contributed by atoms with E-state index in [1.54, 1.807) is 13.4 Å². The molecule has 0 amide bonds. The van der Waals surface area contributed by atoms with E-state index in [1.807, 2.05) is 30.3 Å². The largest absolute Gasteiger partial charge is 0.497 e. The van der Waals surface area contributed by atoms with E-state index in [4.69, 9.17) is 19.0 Å². The van der Waals surface area contributed by atoms with Gasteiger partial charge in [-0.1, -0.05) is 17.3 Å². The lowest BCUT2D eigenvalue weighted by Crippen LogP contribution is -2.52. The van der Waals surface area contributed by atoms with E-state index >= 15 is 0 Å². The minimum absolute atomic E-state index is 0.612. The van der Waals surface area contributed by atoms with Gasteiger partial charge in [-0.25, -0.2) is 0 Å². The fourth-order valence-electron chi connectivity index (χ4n) is 3.36. The molecule has 164 valence electrons. The van der Waals surface area contributed by atoms with Crippen LogP contribution in [-0.4, -0.2) is 73.9 Å². The summed E-state index contributed by atoms with van der Waals surface area (Å²) < 4.78 is 15.9. The maximum absolute atomic E-state index is 5.78. The van der Waals surface area contributed by atoms with Crippen LogP contribution in [0.15, 0.2) is 46.1 Å². The number of nitrogens with zero attached hydrogens (tertiary/aromatic N) is 4. The van der Waals surface area contributed by atoms with Gasteiger partial charge in [0.25, 0.3) is 0 Å². The first-order chi connectivity index (χ1) is 14.8. The van der Waals surface area contributed by atoms with Crippen LogP contribution in [0.3, 0.4) is 0 Å². The number of aliphatic imine (C=N–C) groups is 1. The highest BCUT2D eigenvalue weighted by Crippen LogP contribution is 2.12.